The molecule has 0 bridgehead atoms. The largest absolute Gasteiger partial charge is 0.344 e. The van der Waals surface area contributed by atoms with Gasteiger partial charge in [0, 0.05) is 14.1 Å². The van der Waals surface area contributed by atoms with Gasteiger partial charge in [-0.1, -0.05) is 11.3 Å². The quantitative estimate of drug-likeness (QED) is 0.507. The fraction of sp³-hybridized carbons (Fsp3) is 0.214. The molecular formula is C14H10F5N3O2S. The van der Waals surface area contributed by atoms with Crippen molar-refractivity contribution in [1.82, 2.24) is 9.88 Å². The van der Waals surface area contributed by atoms with Gasteiger partial charge in [-0.25, -0.2) is 26.9 Å². The van der Waals surface area contributed by atoms with Gasteiger partial charge in [0.2, 0.25) is 5.82 Å². The molecule has 0 fully saturated rings. The lowest BCUT2D eigenvalue weighted by molar-refractivity contribution is 0.0831. The Morgan fingerprint density at radius 2 is 1.44 bits per heavy atom. The minimum Gasteiger partial charge on any atom is -0.344 e. The lowest BCUT2D eigenvalue weighted by Gasteiger charge is -2.08. The lowest BCUT2D eigenvalue weighted by atomic mass is 10.1. The molecule has 0 aliphatic heterocycles. The molecule has 0 radical (unpaired) electrons. The Hall–Kier alpha value is -2.56. The molecule has 1 N–H and O–H groups in total. The molecule has 5 nitrogen and oxygen atoms in total. The van der Waals surface area contributed by atoms with E-state index in [1.54, 1.807) is 0 Å². The first-order chi connectivity index (χ1) is 11.6. The highest BCUT2D eigenvalue weighted by Crippen LogP contribution is 2.27. The average molecular weight is 379 g/mol. The van der Waals surface area contributed by atoms with E-state index in [2.05, 4.69) is 4.98 Å². The maximum atomic E-state index is 13.6. The van der Waals surface area contributed by atoms with Crippen LogP contribution in [0, 0.1) is 36.0 Å². The summed E-state index contributed by atoms with van der Waals surface area (Å²) in [4.78, 5) is 29.0. The van der Waals surface area contributed by atoms with E-state index in [1.165, 1.54) is 25.9 Å². The van der Waals surface area contributed by atoms with Crippen molar-refractivity contribution in [1.29, 1.82) is 0 Å². The van der Waals surface area contributed by atoms with Crippen molar-refractivity contribution in [3.8, 4) is 0 Å². The Morgan fingerprint density at radius 3 is 1.92 bits per heavy atom. The van der Waals surface area contributed by atoms with E-state index in [0.717, 1.165) is 0 Å². The third-order valence-electron chi connectivity index (χ3n) is 3.05. The number of aromatic nitrogens is 1. The Morgan fingerprint density at radius 1 is 0.960 bits per heavy atom. The van der Waals surface area contributed by atoms with Crippen molar-refractivity contribution < 1.29 is 31.5 Å². The molecule has 0 aliphatic rings. The number of anilines is 1. The van der Waals surface area contributed by atoms with Crippen LogP contribution < -0.4 is 5.32 Å². The van der Waals surface area contributed by atoms with Crippen LogP contribution >= 0.6 is 11.3 Å². The molecule has 1 aromatic carbocycles. The zero-order valence-corrected chi connectivity index (χ0v) is 13.8. The maximum absolute atomic E-state index is 13.6. The maximum Gasteiger partial charge on any atom is 0.265 e. The van der Waals surface area contributed by atoms with Crippen LogP contribution in [0.1, 0.15) is 25.7 Å². The second-order valence-corrected chi connectivity index (χ2v) is 6.03. The van der Waals surface area contributed by atoms with Gasteiger partial charge in [0.15, 0.2) is 28.4 Å². The predicted molar refractivity (Wildman–Crippen MR) is 79.1 cm³/mol. The molecule has 0 unspecified atom stereocenters. The van der Waals surface area contributed by atoms with E-state index in [-0.39, 0.29) is 15.7 Å². The van der Waals surface area contributed by atoms with Gasteiger partial charge < -0.3 is 4.90 Å². The third kappa shape index (κ3) is 3.31. The predicted octanol–water partition coefficient (Wildman–Crippen LogP) is 3.10. The van der Waals surface area contributed by atoms with Crippen molar-refractivity contribution >= 4 is 28.3 Å². The molecule has 134 valence electrons. The molecule has 11 heteroatoms. The number of carbonyl (C=O) groups is 2. The highest BCUT2D eigenvalue weighted by Gasteiger charge is 2.30. The SMILES string of the molecule is Cc1nc(NC(=O)c2c(F)c(F)c(F)c(F)c2F)sc1C(=O)N(C)C. The van der Waals surface area contributed by atoms with Crippen LogP contribution in [-0.4, -0.2) is 35.8 Å². The van der Waals surface area contributed by atoms with Crippen molar-refractivity contribution in [2.45, 2.75) is 6.92 Å². The Bertz CT molecular complexity index is 853. The van der Waals surface area contributed by atoms with E-state index in [0.29, 0.717) is 11.3 Å². The molecule has 1 aromatic heterocycles. The fourth-order valence-corrected chi connectivity index (χ4v) is 2.80. The number of halogens is 5. The molecule has 0 saturated carbocycles. The van der Waals surface area contributed by atoms with Crippen LogP contribution in [-0.2, 0) is 0 Å². The number of hydrogen-bond donors (Lipinski definition) is 1. The molecule has 2 rings (SSSR count). The van der Waals surface area contributed by atoms with E-state index < -0.39 is 46.5 Å². The number of aryl methyl sites for hydroxylation is 1. The zero-order valence-electron chi connectivity index (χ0n) is 13.0. The first-order valence-electron chi connectivity index (χ1n) is 6.58. The number of benzene rings is 1. The summed E-state index contributed by atoms with van der Waals surface area (Å²) in [5.41, 5.74) is -1.40. The van der Waals surface area contributed by atoms with E-state index in [9.17, 15) is 31.5 Å². The average Bonchev–Trinajstić information content (AvgIpc) is 2.90. The van der Waals surface area contributed by atoms with Gasteiger partial charge >= 0.3 is 0 Å². The van der Waals surface area contributed by atoms with Gasteiger partial charge in [0.05, 0.1) is 5.69 Å². The Labute approximate surface area is 142 Å². The lowest BCUT2D eigenvalue weighted by Crippen LogP contribution is -2.21. The van der Waals surface area contributed by atoms with Gasteiger partial charge in [-0.15, -0.1) is 0 Å². The Balaban J connectivity index is 2.39. The molecule has 0 atom stereocenters. The van der Waals surface area contributed by atoms with Crippen LogP contribution in [0.3, 0.4) is 0 Å². The Kier molecular flexibility index (Phi) is 5.07. The van der Waals surface area contributed by atoms with E-state index >= 15 is 0 Å². The van der Waals surface area contributed by atoms with Gasteiger partial charge in [0.25, 0.3) is 11.8 Å². The molecule has 1 heterocycles. The van der Waals surface area contributed by atoms with Crippen LogP contribution in [0.5, 0.6) is 0 Å². The third-order valence-corrected chi connectivity index (χ3v) is 4.12. The van der Waals surface area contributed by atoms with Gasteiger partial charge in [-0.05, 0) is 6.92 Å². The topological polar surface area (TPSA) is 62.3 Å². The number of hydrogen-bond acceptors (Lipinski definition) is 4. The molecule has 0 saturated heterocycles. The number of nitrogens with one attached hydrogen (secondary N) is 1. The van der Waals surface area contributed by atoms with Gasteiger partial charge in [-0.2, -0.15) is 0 Å². The minimum absolute atomic E-state index is 0.151. The summed E-state index contributed by atoms with van der Waals surface area (Å²) in [6.45, 7) is 1.46. The summed E-state index contributed by atoms with van der Waals surface area (Å²) in [6, 6.07) is 0. The standard InChI is InChI=1S/C14H10F5N3O2S/c1-4-11(13(24)22(2)3)25-14(20-4)21-12(23)5-6(15)8(17)10(19)9(18)7(5)16/h1-3H3,(H,20,21,23). The number of carbonyl (C=O) groups excluding carboxylic acids is 2. The van der Waals surface area contributed by atoms with E-state index in [1.807, 2.05) is 5.32 Å². The molecular weight excluding hydrogens is 369 g/mol. The number of rotatable bonds is 3. The highest BCUT2D eigenvalue weighted by molar-refractivity contribution is 7.17. The summed E-state index contributed by atoms with van der Waals surface area (Å²) in [6.07, 6.45) is 0. The van der Waals surface area contributed by atoms with Crippen LogP contribution in [0.15, 0.2) is 0 Å². The van der Waals surface area contributed by atoms with Crippen LogP contribution in [0.2, 0.25) is 0 Å². The first kappa shape index (κ1) is 18.8. The van der Waals surface area contributed by atoms with Crippen LogP contribution in [0.25, 0.3) is 0 Å². The number of nitrogens with zero attached hydrogens (tertiary/aromatic N) is 2. The van der Waals surface area contributed by atoms with Crippen LogP contribution in [0.4, 0.5) is 27.1 Å². The van der Waals surface area contributed by atoms with Gasteiger partial charge in [0.1, 0.15) is 10.4 Å². The normalized spacial score (nSPS) is 10.7. The summed E-state index contributed by atoms with van der Waals surface area (Å²) < 4.78 is 66.5. The smallest absolute Gasteiger partial charge is 0.265 e. The van der Waals surface area contributed by atoms with Crippen molar-refractivity contribution in [3.63, 3.8) is 0 Å². The number of amides is 2. The second kappa shape index (κ2) is 6.75. The minimum atomic E-state index is -2.37. The molecule has 0 aliphatic carbocycles. The molecule has 2 aromatic rings. The van der Waals surface area contributed by atoms with Gasteiger partial charge in [-0.3, -0.25) is 14.9 Å². The summed E-state index contributed by atoms with van der Waals surface area (Å²) in [5, 5.41) is 1.71. The molecule has 25 heavy (non-hydrogen) atoms. The van der Waals surface area contributed by atoms with E-state index in [4.69, 9.17) is 0 Å². The van der Waals surface area contributed by atoms with Crippen molar-refractivity contribution in [2.24, 2.45) is 0 Å². The van der Waals surface area contributed by atoms with Crippen molar-refractivity contribution in [2.75, 3.05) is 19.4 Å². The monoisotopic (exact) mass is 379 g/mol. The molecule has 2 amide bonds. The highest BCUT2D eigenvalue weighted by atomic mass is 32.1. The fourth-order valence-electron chi connectivity index (χ4n) is 1.82. The first-order valence-corrected chi connectivity index (χ1v) is 7.39. The zero-order chi connectivity index (χ0) is 19.0. The molecule has 0 spiro atoms. The van der Waals surface area contributed by atoms with Crippen molar-refractivity contribution in [3.05, 3.63) is 45.2 Å². The second-order valence-electron chi connectivity index (χ2n) is 5.03. The summed E-state index contributed by atoms with van der Waals surface area (Å²) >= 11 is 0.701. The summed E-state index contributed by atoms with van der Waals surface area (Å²) in [7, 11) is 2.96. The number of thiazole rings is 1. The summed E-state index contributed by atoms with van der Waals surface area (Å²) in [5.74, 6) is -13.4.